The van der Waals surface area contributed by atoms with E-state index in [9.17, 15) is 14.7 Å². The summed E-state index contributed by atoms with van der Waals surface area (Å²) < 4.78 is 0. The first-order valence-corrected chi connectivity index (χ1v) is 6.74. The van der Waals surface area contributed by atoms with E-state index in [0.29, 0.717) is 18.4 Å². The van der Waals surface area contributed by atoms with Crippen LogP contribution >= 0.6 is 0 Å². The van der Waals surface area contributed by atoms with E-state index in [-0.39, 0.29) is 29.8 Å². The largest absolute Gasteiger partial charge is 0.507 e. The number of carboxylic acid groups (broad SMARTS) is 1. The molecule has 0 bridgehead atoms. The highest BCUT2D eigenvalue weighted by Gasteiger charge is 2.33. The van der Waals surface area contributed by atoms with Crippen LogP contribution in [-0.4, -0.2) is 39.6 Å². The number of carboxylic acids is 1. The number of piperidine rings is 1. The highest BCUT2D eigenvalue weighted by Crippen LogP contribution is 2.28. The van der Waals surface area contributed by atoms with Crippen LogP contribution in [0.1, 0.15) is 35.7 Å². The fourth-order valence-electron chi connectivity index (χ4n) is 2.58. The fraction of sp³-hybridized carbons (Fsp3) is 0.467. The second kappa shape index (κ2) is 5.53. The second-order valence-electron chi connectivity index (χ2n) is 5.39. The van der Waals surface area contributed by atoms with Gasteiger partial charge in [0.15, 0.2) is 0 Å². The maximum atomic E-state index is 12.5. The normalized spacial score (nSPS) is 22.6. The van der Waals surface area contributed by atoms with Gasteiger partial charge >= 0.3 is 5.97 Å². The number of carbonyl (C=O) groups is 2. The van der Waals surface area contributed by atoms with Crippen molar-refractivity contribution in [1.29, 1.82) is 0 Å². The van der Waals surface area contributed by atoms with E-state index in [0.717, 1.165) is 0 Å². The lowest BCUT2D eigenvalue weighted by Crippen LogP contribution is -2.47. The molecule has 2 atom stereocenters. The number of hydrogen-bond donors (Lipinski definition) is 2. The average Bonchev–Trinajstić information content (AvgIpc) is 2.41. The first-order chi connectivity index (χ1) is 9.41. The van der Waals surface area contributed by atoms with Crippen LogP contribution in [0, 0.1) is 12.8 Å². The SMILES string of the molecule is Cc1cccc(C(=O)N2CC(C(=O)O)CCC2C)c1O. The third-order valence-electron chi connectivity index (χ3n) is 3.96. The average molecular weight is 277 g/mol. The van der Waals surface area contributed by atoms with E-state index in [4.69, 9.17) is 5.11 Å². The lowest BCUT2D eigenvalue weighted by Gasteiger charge is -2.36. The lowest BCUT2D eigenvalue weighted by atomic mass is 9.92. The van der Waals surface area contributed by atoms with Gasteiger partial charge in [-0.3, -0.25) is 9.59 Å². The standard InChI is InChI=1S/C15H19NO4/c1-9-4-3-5-12(13(9)17)14(18)16-8-11(15(19)20)7-6-10(16)2/h3-5,10-11,17H,6-8H2,1-2H3,(H,19,20). The Balaban J connectivity index is 2.26. The van der Waals surface area contributed by atoms with Gasteiger partial charge in [-0.05, 0) is 38.3 Å². The number of nitrogens with zero attached hydrogens (tertiary/aromatic N) is 1. The number of amides is 1. The zero-order valence-electron chi connectivity index (χ0n) is 11.7. The molecular weight excluding hydrogens is 258 g/mol. The van der Waals surface area contributed by atoms with Crippen molar-refractivity contribution >= 4 is 11.9 Å². The molecule has 0 spiro atoms. The van der Waals surface area contributed by atoms with Crippen LogP contribution in [-0.2, 0) is 4.79 Å². The third-order valence-corrected chi connectivity index (χ3v) is 3.96. The molecular formula is C15H19NO4. The summed E-state index contributed by atoms with van der Waals surface area (Å²) in [7, 11) is 0. The molecule has 5 heteroatoms. The molecule has 2 unspecified atom stereocenters. The minimum Gasteiger partial charge on any atom is -0.507 e. The molecule has 2 N–H and O–H groups in total. The lowest BCUT2D eigenvalue weighted by molar-refractivity contribution is -0.143. The van der Waals surface area contributed by atoms with E-state index < -0.39 is 11.9 Å². The van der Waals surface area contributed by atoms with Crippen molar-refractivity contribution in [3.63, 3.8) is 0 Å². The second-order valence-corrected chi connectivity index (χ2v) is 5.39. The number of carbonyl (C=O) groups excluding carboxylic acids is 1. The van der Waals surface area contributed by atoms with Crippen molar-refractivity contribution in [2.24, 2.45) is 5.92 Å². The van der Waals surface area contributed by atoms with E-state index >= 15 is 0 Å². The predicted molar refractivity (Wildman–Crippen MR) is 73.7 cm³/mol. The predicted octanol–water partition coefficient (Wildman–Crippen LogP) is 2.03. The Morgan fingerprint density at radius 2 is 2.00 bits per heavy atom. The maximum Gasteiger partial charge on any atom is 0.308 e. The van der Waals surface area contributed by atoms with Crippen LogP contribution in [0.2, 0.25) is 0 Å². The van der Waals surface area contributed by atoms with E-state index in [1.54, 1.807) is 30.0 Å². The number of hydrogen-bond acceptors (Lipinski definition) is 3. The third kappa shape index (κ3) is 2.61. The van der Waals surface area contributed by atoms with Crippen LogP contribution in [0.5, 0.6) is 5.75 Å². The van der Waals surface area contributed by atoms with Gasteiger partial charge in [-0.15, -0.1) is 0 Å². The quantitative estimate of drug-likeness (QED) is 0.867. The number of rotatable bonds is 2. The molecule has 1 fully saturated rings. The topological polar surface area (TPSA) is 77.8 Å². The Hall–Kier alpha value is -2.04. The molecule has 1 aromatic rings. The van der Waals surface area contributed by atoms with Crippen molar-refractivity contribution in [2.75, 3.05) is 6.54 Å². The van der Waals surface area contributed by atoms with Crippen LogP contribution in [0.4, 0.5) is 0 Å². The first-order valence-electron chi connectivity index (χ1n) is 6.74. The first kappa shape index (κ1) is 14.4. The van der Waals surface area contributed by atoms with Gasteiger partial charge in [-0.2, -0.15) is 0 Å². The van der Waals surface area contributed by atoms with Crippen LogP contribution < -0.4 is 0 Å². The molecule has 0 saturated carbocycles. The number of likely N-dealkylation sites (tertiary alicyclic amines) is 1. The zero-order chi connectivity index (χ0) is 14.9. The van der Waals surface area contributed by atoms with Crippen molar-refractivity contribution in [3.05, 3.63) is 29.3 Å². The summed E-state index contributed by atoms with van der Waals surface area (Å²) in [6, 6.07) is 5.00. The van der Waals surface area contributed by atoms with Crippen molar-refractivity contribution in [2.45, 2.75) is 32.7 Å². The van der Waals surface area contributed by atoms with Crippen molar-refractivity contribution in [3.8, 4) is 5.75 Å². The molecule has 1 saturated heterocycles. The molecule has 1 heterocycles. The Bertz CT molecular complexity index is 541. The van der Waals surface area contributed by atoms with Gasteiger partial charge in [-0.1, -0.05) is 12.1 Å². The fourth-order valence-corrected chi connectivity index (χ4v) is 2.58. The number of phenolic OH excluding ortho intramolecular Hbond substituents is 1. The van der Waals surface area contributed by atoms with Crippen LogP contribution in [0.15, 0.2) is 18.2 Å². The summed E-state index contributed by atoms with van der Waals surface area (Å²) in [6.07, 6.45) is 1.25. The monoisotopic (exact) mass is 277 g/mol. The van der Waals surface area contributed by atoms with Gasteiger partial charge in [0.05, 0.1) is 11.5 Å². The van der Waals surface area contributed by atoms with Crippen molar-refractivity contribution < 1.29 is 19.8 Å². The molecule has 1 aliphatic heterocycles. The summed E-state index contributed by atoms with van der Waals surface area (Å²) in [5.74, 6) is -1.72. The van der Waals surface area contributed by atoms with E-state index in [1.165, 1.54) is 0 Å². The van der Waals surface area contributed by atoms with E-state index in [2.05, 4.69) is 0 Å². The molecule has 1 aromatic carbocycles. The molecule has 1 aliphatic rings. The Labute approximate surface area is 117 Å². The summed E-state index contributed by atoms with van der Waals surface area (Å²) in [5.41, 5.74) is 0.873. The molecule has 0 aromatic heterocycles. The molecule has 1 amide bonds. The van der Waals surface area contributed by atoms with Gasteiger partial charge in [-0.25, -0.2) is 0 Å². The number of para-hydroxylation sites is 1. The number of aliphatic carboxylic acids is 1. The number of benzene rings is 1. The molecule has 0 radical (unpaired) electrons. The van der Waals surface area contributed by atoms with Crippen molar-refractivity contribution in [1.82, 2.24) is 4.90 Å². The summed E-state index contributed by atoms with van der Waals surface area (Å²) in [6.45, 7) is 3.83. The minimum absolute atomic E-state index is 0.0157. The highest BCUT2D eigenvalue weighted by molar-refractivity contribution is 5.97. The van der Waals surface area contributed by atoms with Crippen LogP contribution in [0.3, 0.4) is 0 Å². The number of aromatic hydroxyl groups is 1. The van der Waals surface area contributed by atoms with E-state index in [1.807, 2.05) is 6.92 Å². The molecule has 2 rings (SSSR count). The molecule has 0 aliphatic carbocycles. The van der Waals surface area contributed by atoms with Crippen LogP contribution in [0.25, 0.3) is 0 Å². The maximum absolute atomic E-state index is 12.5. The van der Waals surface area contributed by atoms with Gasteiger partial charge in [0, 0.05) is 12.6 Å². The van der Waals surface area contributed by atoms with Gasteiger partial charge in [0.25, 0.3) is 5.91 Å². The minimum atomic E-state index is -0.872. The molecule has 5 nitrogen and oxygen atoms in total. The Kier molecular flexibility index (Phi) is 3.97. The summed E-state index contributed by atoms with van der Waals surface area (Å²) in [5, 5.41) is 19.1. The van der Waals surface area contributed by atoms with Gasteiger partial charge in [0.2, 0.25) is 0 Å². The molecule has 108 valence electrons. The highest BCUT2D eigenvalue weighted by atomic mass is 16.4. The molecule has 20 heavy (non-hydrogen) atoms. The van der Waals surface area contributed by atoms with Gasteiger partial charge in [0.1, 0.15) is 5.75 Å². The number of aryl methyl sites for hydroxylation is 1. The Morgan fingerprint density at radius 1 is 1.30 bits per heavy atom. The van der Waals surface area contributed by atoms with Gasteiger partial charge < -0.3 is 15.1 Å². The Morgan fingerprint density at radius 3 is 2.65 bits per heavy atom. The zero-order valence-corrected chi connectivity index (χ0v) is 11.7. The summed E-state index contributed by atoms with van der Waals surface area (Å²) in [4.78, 5) is 25.2. The number of phenols is 1. The summed E-state index contributed by atoms with van der Waals surface area (Å²) >= 11 is 0. The smallest absolute Gasteiger partial charge is 0.308 e.